The van der Waals surface area contributed by atoms with E-state index in [0.717, 1.165) is 18.8 Å². The summed E-state index contributed by atoms with van der Waals surface area (Å²) in [5.74, 6) is 2.16. The van der Waals surface area contributed by atoms with E-state index in [1.54, 1.807) is 0 Å². The van der Waals surface area contributed by atoms with E-state index < -0.39 is 0 Å². The van der Waals surface area contributed by atoms with Crippen molar-refractivity contribution in [2.24, 2.45) is 10.7 Å². The molecule has 0 spiro atoms. The predicted octanol–water partition coefficient (Wildman–Crippen LogP) is 2.22. The van der Waals surface area contributed by atoms with Gasteiger partial charge in [0.1, 0.15) is 0 Å². The molecule has 0 aliphatic rings. The van der Waals surface area contributed by atoms with Gasteiger partial charge < -0.3 is 15.6 Å². The molecule has 0 amide bonds. The van der Waals surface area contributed by atoms with Crippen molar-refractivity contribution in [3.8, 4) is 0 Å². The lowest BCUT2D eigenvalue weighted by Gasteiger charge is -2.03. The van der Waals surface area contributed by atoms with Crippen molar-refractivity contribution in [2.45, 2.75) is 58.8 Å². The highest BCUT2D eigenvalue weighted by atomic mass is 16.5. The van der Waals surface area contributed by atoms with Crippen molar-refractivity contribution in [3.05, 3.63) is 11.7 Å². The van der Waals surface area contributed by atoms with Crippen molar-refractivity contribution in [1.82, 2.24) is 15.5 Å². The summed E-state index contributed by atoms with van der Waals surface area (Å²) in [6, 6.07) is 0. The Kier molecular flexibility index (Phi) is 7.69. The van der Waals surface area contributed by atoms with Gasteiger partial charge in [-0.1, -0.05) is 45.2 Å². The number of nitrogens with two attached hydrogens (primary N) is 1. The van der Waals surface area contributed by atoms with Gasteiger partial charge in [0.25, 0.3) is 0 Å². The van der Waals surface area contributed by atoms with Crippen LogP contribution in [0.3, 0.4) is 0 Å². The minimum Gasteiger partial charge on any atom is -0.370 e. The second-order valence-electron chi connectivity index (χ2n) is 5.21. The zero-order chi connectivity index (χ0) is 14.8. The molecule has 1 rings (SSSR count). The first-order valence-electron chi connectivity index (χ1n) is 7.49. The van der Waals surface area contributed by atoms with Gasteiger partial charge in [0, 0.05) is 25.4 Å². The molecule has 1 heterocycles. The second kappa shape index (κ2) is 9.34. The Hall–Kier alpha value is -1.59. The third kappa shape index (κ3) is 6.54. The third-order valence-electron chi connectivity index (χ3n) is 2.94. The average molecular weight is 281 g/mol. The lowest BCUT2D eigenvalue weighted by atomic mass is 10.2. The van der Waals surface area contributed by atoms with Crippen LogP contribution >= 0.6 is 0 Å². The topological polar surface area (TPSA) is 89.3 Å². The van der Waals surface area contributed by atoms with Crippen LogP contribution < -0.4 is 11.1 Å². The number of hydrogen-bond acceptors (Lipinski definition) is 4. The van der Waals surface area contributed by atoms with Crippen LogP contribution in [0.1, 0.15) is 64.1 Å². The SMILES string of the molecule is CCCCCCN=C(N)NCCc1nc(C(C)C)no1. The van der Waals surface area contributed by atoms with Gasteiger partial charge in [-0.05, 0) is 6.42 Å². The molecule has 6 heteroatoms. The molecule has 0 saturated carbocycles. The Balaban J connectivity index is 2.17. The second-order valence-corrected chi connectivity index (χ2v) is 5.21. The van der Waals surface area contributed by atoms with Gasteiger partial charge >= 0.3 is 0 Å². The lowest BCUT2D eigenvalue weighted by molar-refractivity contribution is 0.371. The molecule has 6 nitrogen and oxygen atoms in total. The molecule has 0 saturated heterocycles. The van der Waals surface area contributed by atoms with Crippen LogP contribution in [0.4, 0.5) is 0 Å². The molecular weight excluding hydrogens is 254 g/mol. The Morgan fingerprint density at radius 3 is 2.80 bits per heavy atom. The molecule has 3 N–H and O–H groups in total. The average Bonchev–Trinajstić information content (AvgIpc) is 2.87. The van der Waals surface area contributed by atoms with Crippen molar-refractivity contribution < 1.29 is 4.52 Å². The minimum atomic E-state index is 0.287. The molecule has 0 bridgehead atoms. The molecule has 0 aliphatic heterocycles. The molecule has 1 aromatic rings. The monoisotopic (exact) mass is 281 g/mol. The van der Waals surface area contributed by atoms with Gasteiger partial charge in [0.15, 0.2) is 11.8 Å². The molecule has 1 aromatic heterocycles. The highest BCUT2D eigenvalue weighted by Gasteiger charge is 2.08. The van der Waals surface area contributed by atoms with Crippen molar-refractivity contribution in [1.29, 1.82) is 0 Å². The van der Waals surface area contributed by atoms with E-state index in [1.165, 1.54) is 19.3 Å². The smallest absolute Gasteiger partial charge is 0.228 e. The van der Waals surface area contributed by atoms with Crippen LogP contribution in [0.15, 0.2) is 9.52 Å². The van der Waals surface area contributed by atoms with Gasteiger partial charge in [-0.2, -0.15) is 4.98 Å². The summed E-state index contributed by atoms with van der Waals surface area (Å²) in [5.41, 5.74) is 5.78. The molecule has 0 aromatic carbocycles. The van der Waals surface area contributed by atoms with Crippen LogP contribution in [0.5, 0.6) is 0 Å². The summed E-state index contributed by atoms with van der Waals surface area (Å²) >= 11 is 0. The van der Waals surface area contributed by atoms with Gasteiger partial charge in [-0.15, -0.1) is 0 Å². The number of nitrogens with one attached hydrogen (secondary N) is 1. The van der Waals surface area contributed by atoms with E-state index in [4.69, 9.17) is 10.3 Å². The lowest BCUT2D eigenvalue weighted by Crippen LogP contribution is -2.33. The Labute approximate surface area is 121 Å². The number of aliphatic imine (C=N–C) groups is 1. The van der Waals surface area contributed by atoms with E-state index in [9.17, 15) is 0 Å². The molecule has 0 radical (unpaired) electrons. The highest BCUT2D eigenvalue weighted by Crippen LogP contribution is 2.09. The summed E-state index contributed by atoms with van der Waals surface area (Å²) in [6.45, 7) is 7.72. The van der Waals surface area contributed by atoms with Crippen LogP contribution in [0.25, 0.3) is 0 Å². The summed E-state index contributed by atoms with van der Waals surface area (Å²) in [4.78, 5) is 8.58. The fraction of sp³-hybridized carbons (Fsp3) is 0.786. The van der Waals surface area contributed by atoms with Crippen molar-refractivity contribution in [3.63, 3.8) is 0 Å². The number of nitrogens with zero attached hydrogens (tertiary/aromatic N) is 3. The Bertz CT molecular complexity index is 400. The van der Waals surface area contributed by atoms with Crippen LogP contribution in [-0.2, 0) is 6.42 Å². The van der Waals surface area contributed by atoms with E-state index in [2.05, 4.69) is 27.4 Å². The van der Waals surface area contributed by atoms with Crippen LogP contribution in [-0.4, -0.2) is 29.2 Å². The standard InChI is InChI=1S/C14H27N5O/c1-4-5-6-7-9-16-14(15)17-10-8-12-18-13(11(2)3)19-20-12/h11H,4-10H2,1-3H3,(H3,15,16,17). The number of aromatic nitrogens is 2. The first-order chi connectivity index (χ1) is 9.63. The number of hydrogen-bond donors (Lipinski definition) is 2. The van der Waals surface area contributed by atoms with Gasteiger partial charge in [0.05, 0.1) is 0 Å². The van der Waals surface area contributed by atoms with E-state index >= 15 is 0 Å². The molecular formula is C14H27N5O. The maximum absolute atomic E-state index is 5.78. The van der Waals surface area contributed by atoms with E-state index in [-0.39, 0.29) is 5.92 Å². The molecule has 114 valence electrons. The summed E-state index contributed by atoms with van der Waals surface area (Å²) in [7, 11) is 0. The zero-order valence-electron chi connectivity index (χ0n) is 12.9. The maximum atomic E-state index is 5.78. The molecule has 0 atom stereocenters. The molecule has 20 heavy (non-hydrogen) atoms. The van der Waals surface area contributed by atoms with Crippen molar-refractivity contribution in [2.75, 3.05) is 13.1 Å². The fourth-order valence-corrected chi connectivity index (χ4v) is 1.70. The largest absolute Gasteiger partial charge is 0.370 e. The third-order valence-corrected chi connectivity index (χ3v) is 2.94. The van der Waals surface area contributed by atoms with Gasteiger partial charge in [0.2, 0.25) is 5.89 Å². The van der Waals surface area contributed by atoms with E-state index in [0.29, 0.717) is 24.8 Å². The van der Waals surface area contributed by atoms with E-state index in [1.807, 2.05) is 13.8 Å². The first kappa shape index (κ1) is 16.5. The quantitative estimate of drug-likeness (QED) is 0.411. The first-order valence-corrected chi connectivity index (χ1v) is 7.49. The molecule has 0 aliphatic carbocycles. The highest BCUT2D eigenvalue weighted by molar-refractivity contribution is 5.77. The predicted molar refractivity (Wildman–Crippen MR) is 80.7 cm³/mol. The van der Waals surface area contributed by atoms with Gasteiger partial charge in [-0.3, -0.25) is 4.99 Å². The number of rotatable bonds is 9. The molecule has 0 fully saturated rings. The number of guanidine groups is 1. The summed E-state index contributed by atoms with van der Waals surface area (Å²) in [5, 5.41) is 6.98. The maximum Gasteiger partial charge on any atom is 0.228 e. The van der Waals surface area contributed by atoms with Gasteiger partial charge in [-0.25, -0.2) is 0 Å². The van der Waals surface area contributed by atoms with Crippen LogP contribution in [0, 0.1) is 0 Å². The number of unbranched alkanes of at least 4 members (excludes halogenated alkanes) is 3. The summed E-state index contributed by atoms with van der Waals surface area (Å²) in [6.07, 6.45) is 5.47. The van der Waals surface area contributed by atoms with Crippen LogP contribution in [0.2, 0.25) is 0 Å². The zero-order valence-corrected chi connectivity index (χ0v) is 12.9. The normalized spacial score (nSPS) is 12.1. The minimum absolute atomic E-state index is 0.287. The summed E-state index contributed by atoms with van der Waals surface area (Å²) < 4.78 is 5.15. The Morgan fingerprint density at radius 1 is 1.35 bits per heavy atom. The fourth-order valence-electron chi connectivity index (χ4n) is 1.70. The Morgan fingerprint density at radius 2 is 2.15 bits per heavy atom. The molecule has 0 unspecified atom stereocenters. The van der Waals surface area contributed by atoms with Crippen molar-refractivity contribution >= 4 is 5.96 Å².